The third-order valence-electron chi connectivity index (χ3n) is 4.82. The summed E-state index contributed by atoms with van der Waals surface area (Å²) < 4.78 is 15.2. The van der Waals surface area contributed by atoms with Crippen molar-refractivity contribution in [2.24, 2.45) is 7.05 Å². The molecule has 1 aromatic carbocycles. The molecule has 1 amide bonds. The Bertz CT molecular complexity index is 905. The molecule has 1 aliphatic carbocycles. The molecule has 0 radical (unpaired) electrons. The predicted octanol–water partition coefficient (Wildman–Crippen LogP) is 4.02. The quantitative estimate of drug-likeness (QED) is 0.755. The molecule has 4 rings (SSSR count). The van der Waals surface area contributed by atoms with Gasteiger partial charge in [-0.1, -0.05) is 12.1 Å². The Kier molecular flexibility index (Phi) is 4.59. The summed E-state index contributed by atoms with van der Waals surface area (Å²) in [7, 11) is 1.88. The highest BCUT2D eigenvalue weighted by molar-refractivity contribution is 7.14. The van der Waals surface area contributed by atoms with Gasteiger partial charge in [-0.05, 0) is 55.0 Å². The van der Waals surface area contributed by atoms with E-state index in [2.05, 4.69) is 10.3 Å². The molecule has 2 aromatic heterocycles. The first-order valence-corrected chi connectivity index (χ1v) is 9.58. The molecule has 2 heterocycles. The van der Waals surface area contributed by atoms with Gasteiger partial charge in [0.1, 0.15) is 17.7 Å². The van der Waals surface area contributed by atoms with Crippen molar-refractivity contribution >= 4 is 17.2 Å². The van der Waals surface area contributed by atoms with Gasteiger partial charge in [0, 0.05) is 24.3 Å². The van der Waals surface area contributed by atoms with Crippen LogP contribution in [0, 0.1) is 5.82 Å². The number of benzene rings is 1. The van der Waals surface area contributed by atoms with Gasteiger partial charge in [0.15, 0.2) is 0 Å². The van der Waals surface area contributed by atoms with Crippen LogP contribution in [0.1, 0.15) is 50.4 Å². The van der Waals surface area contributed by atoms with E-state index in [-0.39, 0.29) is 11.7 Å². The number of nitrogens with zero attached hydrogens (tertiary/aromatic N) is 2. The molecule has 0 spiro atoms. The van der Waals surface area contributed by atoms with E-state index in [0.717, 1.165) is 23.3 Å². The second-order valence-corrected chi connectivity index (χ2v) is 7.76. The number of aromatic nitrogens is 2. The van der Waals surface area contributed by atoms with Crippen molar-refractivity contribution in [1.29, 1.82) is 0 Å². The maximum absolute atomic E-state index is 13.3. The molecular weight excluding hydrogens is 349 g/mol. The van der Waals surface area contributed by atoms with Gasteiger partial charge in [-0.25, -0.2) is 9.37 Å². The Morgan fingerprint density at radius 3 is 2.73 bits per heavy atom. The molecule has 6 heteroatoms. The van der Waals surface area contributed by atoms with E-state index < -0.39 is 6.04 Å². The summed E-state index contributed by atoms with van der Waals surface area (Å²) in [5, 5.41) is 3.09. The smallest absolute Gasteiger partial charge is 0.262 e. The normalized spacial score (nSPS) is 14.7. The Hall–Kier alpha value is -2.47. The number of aryl methyl sites for hydroxylation is 3. The van der Waals surface area contributed by atoms with Crippen LogP contribution in [0.3, 0.4) is 0 Å². The highest BCUT2D eigenvalue weighted by atomic mass is 32.1. The molecule has 3 aromatic rings. The van der Waals surface area contributed by atoms with Crippen LogP contribution in [0.25, 0.3) is 0 Å². The van der Waals surface area contributed by atoms with E-state index in [9.17, 15) is 9.18 Å². The maximum Gasteiger partial charge on any atom is 0.262 e. The van der Waals surface area contributed by atoms with Gasteiger partial charge >= 0.3 is 0 Å². The maximum atomic E-state index is 13.3. The van der Waals surface area contributed by atoms with Crippen molar-refractivity contribution in [2.45, 2.75) is 31.7 Å². The second-order valence-electron chi connectivity index (χ2n) is 6.62. The first kappa shape index (κ1) is 17.0. The van der Waals surface area contributed by atoms with E-state index in [1.807, 2.05) is 23.9 Å². The Morgan fingerprint density at radius 2 is 2.04 bits per heavy atom. The van der Waals surface area contributed by atoms with Crippen molar-refractivity contribution in [3.05, 3.63) is 75.2 Å². The largest absolute Gasteiger partial charge is 0.337 e. The number of halogens is 1. The lowest BCUT2D eigenvalue weighted by Crippen LogP contribution is -2.30. The van der Waals surface area contributed by atoms with Crippen LogP contribution in [-0.4, -0.2) is 15.5 Å². The second kappa shape index (κ2) is 7.03. The zero-order valence-electron chi connectivity index (χ0n) is 14.5. The molecule has 1 atom stereocenters. The summed E-state index contributed by atoms with van der Waals surface area (Å²) in [6.45, 7) is 0. The fourth-order valence-corrected chi connectivity index (χ4v) is 4.57. The molecule has 0 saturated carbocycles. The van der Waals surface area contributed by atoms with E-state index in [1.54, 1.807) is 29.7 Å². The Labute approximate surface area is 155 Å². The highest BCUT2D eigenvalue weighted by Gasteiger charge is 2.24. The Morgan fingerprint density at radius 1 is 1.27 bits per heavy atom. The zero-order chi connectivity index (χ0) is 18.1. The SMILES string of the molecule is Cn1ccnc1[C@H](NC(=O)c1cc2c(s1)CCCC2)c1ccc(F)cc1. The average Bonchev–Trinajstić information content (AvgIpc) is 3.26. The predicted molar refractivity (Wildman–Crippen MR) is 99.9 cm³/mol. The first-order valence-electron chi connectivity index (χ1n) is 8.77. The number of hydrogen-bond acceptors (Lipinski definition) is 3. The molecule has 134 valence electrons. The van der Waals surface area contributed by atoms with Gasteiger partial charge in [0.2, 0.25) is 0 Å². The van der Waals surface area contributed by atoms with Crippen LogP contribution in [0.4, 0.5) is 4.39 Å². The number of nitrogens with one attached hydrogen (secondary N) is 1. The number of fused-ring (bicyclic) bond motifs is 1. The molecule has 0 unspecified atom stereocenters. The lowest BCUT2D eigenvalue weighted by Gasteiger charge is -2.19. The van der Waals surface area contributed by atoms with E-state index >= 15 is 0 Å². The van der Waals surface area contributed by atoms with Crippen LogP contribution in [0.5, 0.6) is 0 Å². The van der Waals surface area contributed by atoms with Crippen LogP contribution < -0.4 is 5.32 Å². The fourth-order valence-electron chi connectivity index (χ4n) is 3.41. The van der Waals surface area contributed by atoms with Gasteiger partial charge in [-0.2, -0.15) is 0 Å². The summed E-state index contributed by atoms with van der Waals surface area (Å²) in [4.78, 5) is 19.4. The minimum atomic E-state index is -0.428. The zero-order valence-corrected chi connectivity index (χ0v) is 15.4. The van der Waals surface area contributed by atoms with Crippen molar-refractivity contribution in [3.8, 4) is 0 Å². The first-order chi connectivity index (χ1) is 12.6. The molecule has 0 fully saturated rings. The van der Waals surface area contributed by atoms with Crippen molar-refractivity contribution in [3.63, 3.8) is 0 Å². The van der Waals surface area contributed by atoms with Crippen molar-refractivity contribution < 1.29 is 9.18 Å². The van der Waals surface area contributed by atoms with Crippen LogP contribution in [0.2, 0.25) is 0 Å². The van der Waals surface area contributed by atoms with Crippen molar-refractivity contribution in [1.82, 2.24) is 14.9 Å². The standard InChI is InChI=1S/C20H20FN3OS/c1-24-11-10-22-19(24)18(13-6-8-15(21)9-7-13)23-20(25)17-12-14-4-2-3-5-16(14)26-17/h6-12,18H,2-5H2,1H3,(H,23,25)/t18-/m1/s1. The van der Waals surface area contributed by atoms with Gasteiger partial charge in [-0.3, -0.25) is 4.79 Å². The van der Waals surface area contributed by atoms with Crippen LogP contribution in [0.15, 0.2) is 42.7 Å². The van der Waals surface area contributed by atoms with E-state index in [0.29, 0.717) is 5.82 Å². The topological polar surface area (TPSA) is 46.9 Å². The summed E-state index contributed by atoms with van der Waals surface area (Å²) >= 11 is 1.59. The van der Waals surface area contributed by atoms with Gasteiger partial charge in [-0.15, -0.1) is 11.3 Å². The van der Waals surface area contributed by atoms with Crippen LogP contribution in [-0.2, 0) is 19.9 Å². The summed E-state index contributed by atoms with van der Waals surface area (Å²) in [6.07, 6.45) is 8.04. The number of carbonyl (C=O) groups excluding carboxylic acids is 1. The molecule has 26 heavy (non-hydrogen) atoms. The number of amides is 1. The molecular formula is C20H20FN3OS. The summed E-state index contributed by atoms with van der Waals surface area (Å²) in [6, 6.07) is 7.78. The van der Waals surface area contributed by atoms with E-state index in [1.165, 1.54) is 35.4 Å². The molecule has 0 saturated heterocycles. The minimum absolute atomic E-state index is 0.110. The molecule has 1 aliphatic rings. The number of carbonyl (C=O) groups is 1. The van der Waals surface area contributed by atoms with Gasteiger partial charge in [0.05, 0.1) is 4.88 Å². The van der Waals surface area contributed by atoms with Gasteiger partial charge < -0.3 is 9.88 Å². The average molecular weight is 369 g/mol. The van der Waals surface area contributed by atoms with Crippen LogP contribution >= 0.6 is 11.3 Å². The lowest BCUT2D eigenvalue weighted by molar-refractivity contribution is 0.0945. The van der Waals surface area contributed by atoms with Crippen molar-refractivity contribution in [2.75, 3.05) is 0 Å². The number of rotatable bonds is 4. The minimum Gasteiger partial charge on any atom is -0.337 e. The third-order valence-corrected chi connectivity index (χ3v) is 6.05. The Balaban J connectivity index is 1.64. The highest BCUT2D eigenvalue weighted by Crippen LogP contribution is 2.30. The summed E-state index contributed by atoms with van der Waals surface area (Å²) in [5.41, 5.74) is 2.11. The molecule has 0 aliphatic heterocycles. The molecule has 1 N–H and O–H groups in total. The lowest BCUT2D eigenvalue weighted by atomic mass is 9.99. The third kappa shape index (κ3) is 3.29. The molecule has 4 nitrogen and oxygen atoms in total. The number of thiophene rings is 1. The van der Waals surface area contributed by atoms with E-state index in [4.69, 9.17) is 0 Å². The monoisotopic (exact) mass is 369 g/mol. The fraction of sp³-hybridized carbons (Fsp3) is 0.300. The number of hydrogen-bond donors (Lipinski definition) is 1. The van der Waals surface area contributed by atoms with Gasteiger partial charge in [0.25, 0.3) is 5.91 Å². The number of imidazole rings is 1. The summed E-state index contributed by atoms with van der Waals surface area (Å²) in [5.74, 6) is 0.303. The molecule has 0 bridgehead atoms.